The molecular formula is C13H11F2N5O. The zero-order valence-electron chi connectivity index (χ0n) is 10.9. The molecule has 0 spiro atoms. The summed E-state index contributed by atoms with van der Waals surface area (Å²) < 4.78 is 31.4. The first-order chi connectivity index (χ1) is 10.2. The molecule has 2 aromatic heterocycles. The maximum atomic E-state index is 13.5. The molecule has 0 amide bonds. The smallest absolute Gasteiger partial charge is 0.227 e. The van der Waals surface area contributed by atoms with Crippen LogP contribution in [0.25, 0.3) is 0 Å². The van der Waals surface area contributed by atoms with Gasteiger partial charge in [0.15, 0.2) is 5.82 Å². The van der Waals surface area contributed by atoms with E-state index in [2.05, 4.69) is 25.3 Å². The molecule has 3 rings (SSSR count). The highest BCUT2D eigenvalue weighted by atomic mass is 19.1. The van der Waals surface area contributed by atoms with Crippen LogP contribution < -0.4 is 0 Å². The third kappa shape index (κ3) is 3.28. The highest BCUT2D eigenvalue weighted by molar-refractivity contribution is 5.21. The van der Waals surface area contributed by atoms with Gasteiger partial charge in [-0.3, -0.25) is 5.10 Å². The Bertz CT molecular complexity index is 726. The minimum absolute atomic E-state index is 0.151. The van der Waals surface area contributed by atoms with Crippen LogP contribution in [-0.2, 0) is 19.3 Å². The van der Waals surface area contributed by atoms with Gasteiger partial charge in [0, 0.05) is 25.3 Å². The van der Waals surface area contributed by atoms with Crippen molar-refractivity contribution < 1.29 is 13.3 Å². The molecule has 6 nitrogen and oxygen atoms in total. The van der Waals surface area contributed by atoms with Crippen LogP contribution in [0.1, 0.15) is 23.1 Å². The van der Waals surface area contributed by atoms with E-state index in [0.29, 0.717) is 30.1 Å². The molecule has 0 radical (unpaired) electrons. The Labute approximate surface area is 118 Å². The first-order valence-electron chi connectivity index (χ1n) is 6.30. The van der Waals surface area contributed by atoms with E-state index in [4.69, 9.17) is 4.52 Å². The first-order valence-corrected chi connectivity index (χ1v) is 6.30. The molecule has 0 fully saturated rings. The molecule has 0 saturated carbocycles. The van der Waals surface area contributed by atoms with E-state index in [0.717, 1.165) is 11.9 Å². The van der Waals surface area contributed by atoms with Crippen LogP contribution in [0.3, 0.4) is 0 Å². The standard InChI is InChI=1S/C13H11F2N5O/c14-9-2-1-8(10(15)6-9)5-12-18-13(21-20-12)4-3-11-16-7-17-19-11/h1-2,6-7H,3-5H2,(H,16,17,19). The molecule has 0 bridgehead atoms. The number of aromatic nitrogens is 5. The van der Waals surface area contributed by atoms with Gasteiger partial charge in [0.2, 0.25) is 5.89 Å². The molecule has 0 aliphatic rings. The van der Waals surface area contributed by atoms with Crippen LogP contribution in [0.4, 0.5) is 8.78 Å². The lowest BCUT2D eigenvalue weighted by atomic mass is 10.1. The van der Waals surface area contributed by atoms with E-state index in [-0.39, 0.29) is 6.42 Å². The second-order valence-corrected chi connectivity index (χ2v) is 4.45. The summed E-state index contributed by atoms with van der Waals surface area (Å²) in [6.07, 6.45) is 2.67. The lowest BCUT2D eigenvalue weighted by Gasteiger charge is -1.99. The maximum Gasteiger partial charge on any atom is 0.227 e. The zero-order chi connectivity index (χ0) is 14.7. The van der Waals surface area contributed by atoms with E-state index >= 15 is 0 Å². The van der Waals surface area contributed by atoms with Gasteiger partial charge in [-0.05, 0) is 11.6 Å². The van der Waals surface area contributed by atoms with Gasteiger partial charge in [-0.2, -0.15) is 10.1 Å². The summed E-state index contributed by atoms with van der Waals surface area (Å²) in [4.78, 5) is 8.15. The molecule has 1 aromatic carbocycles. The Hall–Kier alpha value is -2.64. The molecule has 108 valence electrons. The molecule has 0 atom stereocenters. The summed E-state index contributed by atoms with van der Waals surface area (Å²) >= 11 is 0. The van der Waals surface area contributed by atoms with E-state index in [1.54, 1.807) is 0 Å². The predicted octanol–water partition coefficient (Wildman–Crippen LogP) is 1.84. The number of halogens is 2. The van der Waals surface area contributed by atoms with E-state index in [1.807, 2.05) is 0 Å². The van der Waals surface area contributed by atoms with Crippen LogP contribution in [0.2, 0.25) is 0 Å². The third-order valence-corrected chi connectivity index (χ3v) is 2.91. The Kier molecular flexibility index (Phi) is 3.67. The SMILES string of the molecule is Fc1ccc(Cc2noc(CCc3ncn[nH]3)n2)c(F)c1. The van der Waals surface area contributed by atoms with Gasteiger partial charge in [-0.1, -0.05) is 11.2 Å². The molecule has 1 N–H and O–H groups in total. The molecule has 0 aliphatic carbocycles. The van der Waals surface area contributed by atoms with Crippen molar-refractivity contribution in [3.8, 4) is 0 Å². The summed E-state index contributed by atoms with van der Waals surface area (Å²) in [5.74, 6) is 0.274. The van der Waals surface area contributed by atoms with Gasteiger partial charge in [0.1, 0.15) is 23.8 Å². The normalized spacial score (nSPS) is 11.0. The largest absolute Gasteiger partial charge is 0.339 e. The van der Waals surface area contributed by atoms with Gasteiger partial charge < -0.3 is 4.52 Å². The Morgan fingerprint density at radius 2 is 2.10 bits per heavy atom. The molecule has 0 saturated heterocycles. The lowest BCUT2D eigenvalue weighted by Crippen LogP contribution is -1.97. The summed E-state index contributed by atoms with van der Waals surface area (Å²) in [5, 5.41) is 10.3. The highest BCUT2D eigenvalue weighted by Crippen LogP contribution is 2.13. The van der Waals surface area contributed by atoms with E-state index in [9.17, 15) is 8.78 Å². The summed E-state index contributed by atoms with van der Waals surface area (Å²) in [5.41, 5.74) is 0.319. The van der Waals surface area contributed by atoms with Crippen molar-refractivity contribution in [1.82, 2.24) is 25.3 Å². The minimum atomic E-state index is -0.622. The monoisotopic (exact) mass is 291 g/mol. The topological polar surface area (TPSA) is 80.5 Å². The number of aryl methyl sites for hydroxylation is 2. The van der Waals surface area contributed by atoms with Gasteiger partial charge in [-0.25, -0.2) is 13.8 Å². The number of H-pyrrole nitrogens is 1. The molecule has 2 heterocycles. The number of nitrogens with one attached hydrogen (secondary N) is 1. The van der Waals surface area contributed by atoms with Crippen LogP contribution in [0.15, 0.2) is 29.0 Å². The summed E-state index contributed by atoms with van der Waals surface area (Å²) in [6.45, 7) is 0. The van der Waals surface area contributed by atoms with Crippen molar-refractivity contribution in [1.29, 1.82) is 0 Å². The molecule has 0 unspecified atom stereocenters. The van der Waals surface area contributed by atoms with Gasteiger partial charge in [0.05, 0.1) is 0 Å². The molecule has 8 heteroatoms. The number of rotatable bonds is 5. The number of aromatic amines is 1. The number of hydrogen-bond donors (Lipinski definition) is 1. The van der Waals surface area contributed by atoms with Crippen LogP contribution >= 0.6 is 0 Å². The quantitative estimate of drug-likeness (QED) is 0.775. The van der Waals surface area contributed by atoms with Crippen molar-refractivity contribution in [2.45, 2.75) is 19.3 Å². The number of benzene rings is 1. The fourth-order valence-electron chi connectivity index (χ4n) is 1.88. The van der Waals surface area contributed by atoms with Crippen LogP contribution in [0, 0.1) is 11.6 Å². The van der Waals surface area contributed by atoms with Gasteiger partial charge in [-0.15, -0.1) is 0 Å². The Balaban J connectivity index is 1.64. The van der Waals surface area contributed by atoms with Crippen molar-refractivity contribution in [3.63, 3.8) is 0 Å². The predicted molar refractivity (Wildman–Crippen MR) is 67.3 cm³/mol. The van der Waals surface area contributed by atoms with Gasteiger partial charge >= 0.3 is 0 Å². The second-order valence-electron chi connectivity index (χ2n) is 4.45. The Morgan fingerprint density at radius 3 is 2.86 bits per heavy atom. The molecule has 21 heavy (non-hydrogen) atoms. The highest BCUT2D eigenvalue weighted by Gasteiger charge is 2.11. The average Bonchev–Trinajstić information content (AvgIpc) is 3.11. The fraction of sp³-hybridized carbons (Fsp3) is 0.231. The average molecular weight is 291 g/mol. The minimum Gasteiger partial charge on any atom is -0.339 e. The van der Waals surface area contributed by atoms with Crippen LogP contribution in [0.5, 0.6) is 0 Å². The van der Waals surface area contributed by atoms with Gasteiger partial charge in [0.25, 0.3) is 0 Å². The van der Waals surface area contributed by atoms with Crippen molar-refractivity contribution >= 4 is 0 Å². The Morgan fingerprint density at radius 1 is 1.19 bits per heavy atom. The maximum absolute atomic E-state index is 13.5. The van der Waals surface area contributed by atoms with Crippen molar-refractivity contribution in [2.24, 2.45) is 0 Å². The third-order valence-electron chi connectivity index (χ3n) is 2.91. The number of hydrogen-bond acceptors (Lipinski definition) is 5. The van der Waals surface area contributed by atoms with E-state index in [1.165, 1.54) is 18.5 Å². The first kappa shape index (κ1) is 13.3. The van der Waals surface area contributed by atoms with Crippen LogP contribution in [-0.4, -0.2) is 25.3 Å². The zero-order valence-corrected chi connectivity index (χ0v) is 10.9. The molecule has 0 aliphatic heterocycles. The van der Waals surface area contributed by atoms with Crippen molar-refractivity contribution in [3.05, 3.63) is 59.3 Å². The molecular weight excluding hydrogens is 280 g/mol. The van der Waals surface area contributed by atoms with Crippen molar-refractivity contribution in [2.75, 3.05) is 0 Å². The number of nitrogens with zero attached hydrogens (tertiary/aromatic N) is 4. The fourth-order valence-corrected chi connectivity index (χ4v) is 1.88. The summed E-state index contributed by atoms with van der Waals surface area (Å²) in [7, 11) is 0. The lowest BCUT2D eigenvalue weighted by molar-refractivity contribution is 0.373. The molecule has 3 aromatic rings. The summed E-state index contributed by atoms with van der Waals surface area (Å²) in [6, 6.07) is 3.40. The van der Waals surface area contributed by atoms with E-state index < -0.39 is 11.6 Å². The second kappa shape index (κ2) is 5.78.